The molecule has 2 aromatic rings. The molecule has 3 rings (SSSR count). The highest BCUT2D eigenvalue weighted by molar-refractivity contribution is 6.26. The smallest absolute Gasteiger partial charge is 0.261 e. The minimum atomic E-state index is -0.470. The summed E-state index contributed by atoms with van der Waals surface area (Å²) in [5.74, 6) is -1.22. The first-order valence-electron chi connectivity index (χ1n) is 12.1. The van der Waals surface area contributed by atoms with Crippen molar-refractivity contribution >= 4 is 34.2 Å². The lowest BCUT2D eigenvalue weighted by Crippen LogP contribution is -2.42. The molecule has 3 amide bonds. The fraction of sp³-hybridized carbons (Fsp3) is 0.480. The number of benzene rings is 2. The Morgan fingerprint density at radius 1 is 0.972 bits per heavy atom. The molecule has 1 aliphatic rings. The first-order chi connectivity index (χ1) is 17.6. The maximum Gasteiger partial charge on any atom is 0.261 e. The van der Waals surface area contributed by atoms with Gasteiger partial charge in [0.1, 0.15) is 5.53 Å². The van der Waals surface area contributed by atoms with Gasteiger partial charge in [0.05, 0.1) is 19.8 Å². The highest BCUT2D eigenvalue weighted by Crippen LogP contribution is 2.35. The van der Waals surface area contributed by atoms with E-state index in [1.807, 2.05) is 0 Å². The SMILES string of the molecule is N=[N+]=Nc1ccc2c3c(cccc13)C(=O)N(CCC(=O)NCCOCCOCCCCCCO)C2=O. The van der Waals surface area contributed by atoms with E-state index in [1.165, 1.54) is 0 Å². The van der Waals surface area contributed by atoms with Gasteiger partial charge in [-0.15, -0.1) is 0 Å². The second-order valence-corrected chi connectivity index (χ2v) is 8.28. The van der Waals surface area contributed by atoms with Crippen LogP contribution in [0.15, 0.2) is 35.4 Å². The average molecular weight is 499 g/mol. The summed E-state index contributed by atoms with van der Waals surface area (Å²) in [6.45, 7) is 2.41. The van der Waals surface area contributed by atoms with Crippen molar-refractivity contribution in [3.8, 4) is 0 Å². The van der Waals surface area contributed by atoms with Crippen LogP contribution in [0.25, 0.3) is 10.8 Å². The molecule has 11 nitrogen and oxygen atoms in total. The molecule has 3 N–H and O–H groups in total. The zero-order valence-corrected chi connectivity index (χ0v) is 20.2. The van der Waals surface area contributed by atoms with E-state index in [0.29, 0.717) is 60.6 Å². The van der Waals surface area contributed by atoms with E-state index in [9.17, 15) is 14.4 Å². The lowest BCUT2D eigenvalue weighted by Gasteiger charge is -2.27. The van der Waals surface area contributed by atoms with Gasteiger partial charge in [-0.3, -0.25) is 19.3 Å². The Labute approximate surface area is 209 Å². The van der Waals surface area contributed by atoms with Crippen molar-refractivity contribution in [2.75, 3.05) is 46.1 Å². The summed E-state index contributed by atoms with van der Waals surface area (Å²) < 4.78 is 10.9. The van der Waals surface area contributed by atoms with Crippen LogP contribution in [0.1, 0.15) is 52.8 Å². The second-order valence-electron chi connectivity index (χ2n) is 8.28. The Morgan fingerprint density at radius 3 is 2.44 bits per heavy atom. The standard InChI is InChI=1S/C25H31N5O6/c26-29-28-21-9-8-20-23-18(21)6-5-7-19(23)24(33)30(25(20)34)12-10-22(32)27-11-15-36-17-16-35-14-4-2-1-3-13-31/h5-9,26,31H,1-4,10-17H2/p+1. The molecular weight excluding hydrogens is 466 g/mol. The van der Waals surface area contributed by atoms with Crippen molar-refractivity contribution in [2.45, 2.75) is 32.1 Å². The molecule has 0 atom stereocenters. The maximum absolute atomic E-state index is 13.0. The van der Waals surface area contributed by atoms with Crippen LogP contribution in [0.3, 0.4) is 0 Å². The van der Waals surface area contributed by atoms with Gasteiger partial charge in [-0.2, -0.15) is 0 Å². The number of carbonyl (C=O) groups is 3. The monoisotopic (exact) mass is 498 g/mol. The fourth-order valence-electron chi connectivity index (χ4n) is 4.03. The van der Waals surface area contributed by atoms with E-state index in [2.05, 4.69) is 15.3 Å². The van der Waals surface area contributed by atoms with Gasteiger partial charge in [0.15, 0.2) is 10.8 Å². The van der Waals surface area contributed by atoms with Crippen LogP contribution < -0.4 is 10.2 Å². The molecule has 11 heteroatoms. The van der Waals surface area contributed by atoms with Crippen molar-refractivity contribution in [3.05, 3.63) is 41.5 Å². The molecular formula is C25H32N5O6+. The molecule has 2 aromatic carbocycles. The summed E-state index contributed by atoms with van der Waals surface area (Å²) in [6, 6.07) is 8.20. The van der Waals surface area contributed by atoms with Gasteiger partial charge in [-0.1, -0.05) is 25.0 Å². The number of aliphatic hydroxyl groups excluding tert-OH is 1. The first kappa shape index (κ1) is 27.1. The average Bonchev–Trinajstić information content (AvgIpc) is 2.88. The van der Waals surface area contributed by atoms with Gasteiger partial charge in [-0.25, -0.2) is 0 Å². The maximum atomic E-state index is 13.0. The number of rotatable bonds is 16. The second kappa shape index (κ2) is 14.2. The van der Waals surface area contributed by atoms with Gasteiger partial charge in [0.2, 0.25) is 10.8 Å². The molecule has 0 aromatic heterocycles. The van der Waals surface area contributed by atoms with Crippen molar-refractivity contribution in [1.82, 2.24) is 15.1 Å². The molecule has 0 saturated heterocycles. The largest absolute Gasteiger partial charge is 0.396 e. The number of carbonyl (C=O) groups excluding carboxylic acids is 3. The highest BCUT2D eigenvalue weighted by atomic mass is 16.5. The molecule has 0 aliphatic carbocycles. The number of hydrogen-bond acceptors (Lipinski definition) is 8. The van der Waals surface area contributed by atoms with Crippen LogP contribution in [0.2, 0.25) is 0 Å². The number of ether oxygens (including phenoxy) is 2. The minimum Gasteiger partial charge on any atom is -0.396 e. The van der Waals surface area contributed by atoms with E-state index >= 15 is 0 Å². The van der Waals surface area contributed by atoms with Gasteiger partial charge < -0.3 is 19.9 Å². The van der Waals surface area contributed by atoms with Crippen LogP contribution in [0.5, 0.6) is 0 Å². The van der Waals surface area contributed by atoms with Crippen molar-refractivity contribution in [3.63, 3.8) is 0 Å². The predicted molar refractivity (Wildman–Crippen MR) is 131 cm³/mol. The van der Waals surface area contributed by atoms with Crippen LogP contribution in [-0.4, -0.2) is 73.9 Å². The van der Waals surface area contributed by atoms with Crippen molar-refractivity contribution in [1.29, 1.82) is 5.53 Å². The van der Waals surface area contributed by atoms with E-state index in [1.54, 1.807) is 30.3 Å². The molecule has 1 heterocycles. The summed E-state index contributed by atoms with van der Waals surface area (Å²) in [4.78, 5) is 42.4. The Bertz CT molecular complexity index is 1110. The van der Waals surface area contributed by atoms with Gasteiger partial charge in [0.25, 0.3) is 11.8 Å². The summed E-state index contributed by atoms with van der Waals surface area (Å²) >= 11 is 0. The Morgan fingerprint density at radius 2 is 1.69 bits per heavy atom. The van der Waals surface area contributed by atoms with Crippen LogP contribution >= 0.6 is 0 Å². The highest BCUT2D eigenvalue weighted by Gasteiger charge is 2.33. The van der Waals surface area contributed by atoms with E-state index in [4.69, 9.17) is 20.1 Å². The molecule has 192 valence electrons. The lowest BCUT2D eigenvalue weighted by molar-refractivity contribution is -0.121. The van der Waals surface area contributed by atoms with Gasteiger partial charge in [-0.05, 0) is 31.0 Å². The zero-order chi connectivity index (χ0) is 25.8. The van der Waals surface area contributed by atoms with Crippen LogP contribution in [0, 0.1) is 5.53 Å². The molecule has 0 unspecified atom stereocenters. The number of nitrogens with one attached hydrogen (secondary N) is 2. The van der Waals surface area contributed by atoms with Gasteiger partial charge in [0, 0.05) is 54.6 Å². The molecule has 0 radical (unpaired) electrons. The molecule has 36 heavy (non-hydrogen) atoms. The Balaban J connectivity index is 1.39. The predicted octanol–water partition coefficient (Wildman–Crippen LogP) is 2.71. The number of nitrogens with zero attached hydrogens (tertiary/aromatic N) is 3. The Hall–Kier alpha value is -3.50. The summed E-state index contributed by atoms with van der Waals surface area (Å²) in [5.41, 5.74) is 8.09. The van der Waals surface area contributed by atoms with Crippen molar-refractivity contribution in [2.24, 2.45) is 5.11 Å². The summed E-state index contributed by atoms with van der Waals surface area (Å²) in [5, 5.41) is 16.3. The molecule has 0 fully saturated rings. The zero-order valence-electron chi connectivity index (χ0n) is 20.2. The lowest BCUT2D eigenvalue weighted by atomic mass is 9.93. The number of imide groups is 1. The molecule has 0 saturated carbocycles. The third-order valence-corrected chi connectivity index (χ3v) is 5.83. The number of unbranched alkanes of at least 4 members (excludes halogenated alkanes) is 3. The van der Waals surface area contributed by atoms with E-state index < -0.39 is 11.8 Å². The number of hydrogen-bond donors (Lipinski definition) is 3. The number of aliphatic hydroxyl groups is 1. The minimum absolute atomic E-state index is 0.0205. The summed E-state index contributed by atoms with van der Waals surface area (Å²) in [7, 11) is 0. The topological polar surface area (TPSA) is 155 Å². The Kier molecular flexibility index (Phi) is 10.7. The summed E-state index contributed by atoms with van der Waals surface area (Å²) in [6.07, 6.45) is 3.80. The normalized spacial score (nSPS) is 12.6. The third kappa shape index (κ3) is 7.02. The molecule has 0 spiro atoms. The molecule has 1 aliphatic heterocycles. The van der Waals surface area contributed by atoms with Crippen LogP contribution in [-0.2, 0) is 14.3 Å². The third-order valence-electron chi connectivity index (χ3n) is 5.83. The van der Waals surface area contributed by atoms with E-state index in [-0.39, 0.29) is 25.5 Å². The first-order valence-corrected chi connectivity index (χ1v) is 12.1. The van der Waals surface area contributed by atoms with Crippen molar-refractivity contribution < 1.29 is 29.0 Å². The fourth-order valence-corrected chi connectivity index (χ4v) is 4.03. The van der Waals surface area contributed by atoms with E-state index in [0.717, 1.165) is 30.6 Å². The van der Waals surface area contributed by atoms with Gasteiger partial charge >= 0.3 is 0 Å². The number of amides is 3. The quantitative estimate of drug-likeness (QED) is 0.140. The van der Waals surface area contributed by atoms with Crippen LogP contribution in [0.4, 0.5) is 5.69 Å². The molecule has 0 bridgehead atoms.